The maximum Gasteiger partial charge on any atom is 0.238 e. The summed E-state index contributed by atoms with van der Waals surface area (Å²) in [5.41, 5.74) is 10.8. The number of rotatable bonds is 7. The minimum absolute atomic E-state index is 0.0612. The Kier molecular flexibility index (Phi) is 8.89. The van der Waals surface area contributed by atoms with Crippen LogP contribution < -0.4 is 11.1 Å². The van der Waals surface area contributed by atoms with Gasteiger partial charge >= 0.3 is 0 Å². The molecule has 30 heavy (non-hydrogen) atoms. The van der Waals surface area contributed by atoms with Crippen molar-refractivity contribution in [3.05, 3.63) is 59.3 Å². The summed E-state index contributed by atoms with van der Waals surface area (Å²) < 4.78 is 0. The molecule has 0 radical (unpaired) electrons. The summed E-state index contributed by atoms with van der Waals surface area (Å²) >= 11 is 0. The van der Waals surface area contributed by atoms with Crippen LogP contribution in [0.25, 0.3) is 10.9 Å². The Hall–Kier alpha value is -2.83. The number of para-hydroxylation sites is 1. The van der Waals surface area contributed by atoms with Crippen LogP contribution in [-0.2, 0) is 11.2 Å². The Morgan fingerprint density at radius 2 is 1.80 bits per heavy atom. The van der Waals surface area contributed by atoms with Gasteiger partial charge in [-0.15, -0.1) is 0 Å². The monoisotopic (exact) mass is 410 g/mol. The van der Waals surface area contributed by atoms with Crippen LogP contribution in [0.15, 0.2) is 42.6 Å². The van der Waals surface area contributed by atoms with Crippen LogP contribution in [0.4, 0.5) is 5.69 Å². The Labute approximate surface area is 179 Å². The highest BCUT2D eigenvalue weighted by molar-refractivity contribution is 5.93. The van der Waals surface area contributed by atoms with E-state index in [4.69, 9.17) is 5.73 Å². The zero-order valence-corrected chi connectivity index (χ0v) is 18.5. The summed E-state index contributed by atoms with van der Waals surface area (Å²) in [4.78, 5) is 17.1. The average Bonchev–Trinajstić information content (AvgIpc) is 3.12. The van der Waals surface area contributed by atoms with Crippen molar-refractivity contribution in [1.29, 1.82) is 0 Å². The fraction of sp³-hybridized carbons (Fsp3) is 0.375. The number of amides is 1. The number of aromatic amines is 1. The SMILES string of the molecule is CCN(CC)CC(=O)Nc1c(C)cccc1C.NCCc1c[nH]c2ccc(O)cc12. The van der Waals surface area contributed by atoms with Gasteiger partial charge in [-0.1, -0.05) is 32.0 Å². The lowest BCUT2D eigenvalue weighted by atomic mass is 10.1. The fourth-order valence-electron chi connectivity index (χ4n) is 3.37. The van der Waals surface area contributed by atoms with Crippen molar-refractivity contribution in [3.8, 4) is 5.75 Å². The number of likely N-dealkylation sites (N-methyl/N-ethyl adjacent to an activating group) is 1. The molecule has 1 heterocycles. The van der Waals surface area contributed by atoms with Gasteiger partial charge in [-0.05, 0) is 74.8 Å². The van der Waals surface area contributed by atoms with E-state index < -0.39 is 0 Å². The number of nitrogens with zero attached hydrogens (tertiary/aromatic N) is 1. The molecule has 0 bridgehead atoms. The molecule has 0 spiro atoms. The lowest BCUT2D eigenvalue weighted by Crippen LogP contribution is -2.33. The highest BCUT2D eigenvalue weighted by atomic mass is 16.3. The molecule has 0 fully saturated rings. The second kappa shape index (κ2) is 11.4. The second-order valence-corrected chi connectivity index (χ2v) is 7.36. The number of fused-ring (bicyclic) bond motifs is 1. The third-order valence-corrected chi connectivity index (χ3v) is 5.17. The van der Waals surface area contributed by atoms with Crippen molar-refractivity contribution < 1.29 is 9.90 Å². The molecular formula is C24H34N4O2. The van der Waals surface area contributed by atoms with Crippen molar-refractivity contribution in [2.75, 3.05) is 31.5 Å². The summed E-state index contributed by atoms with van der Waals surface area (Å²) in [5, 5.41) is 13.4. The molecule has 3 rings (SSSR count). The lowest BCUT2D eigenvalue weighted by molar-refractivity contribution is -0.117. The number of benzene rings is 2. The first kappa shape index (κ1) is 23.4. The van der Waals surface area contributed by atoms with Gasteiger partial charge < -0.3 is 21.1 Å². The van der Waals surface area contributed by atoms with Gasteiger partial charge in [-0.2, -0.15) is 0 Å². The van der Waals surface area contributed by atoms with Crippen LogP contribution in [0.1, 0.15) is 30.5 Å². The van der Waals surface area contributed by atoms with Crippen LogP contribution in [0, 0.1) is 13.8 Å². The number of nitrogens with one attached hydrogen (secondary N) is 2. The molecule has 0 saturated carbocycles. The van der Waals surface area contributed by atoms with Crippen molar-refractivity contribution in [3.63, 3.8) is 0 Å². The molecule has 162 valence electrons. The van der Waals surface area contributed by atoms with E-state index in [2.05, 4.69) is 29.0 Å². The van der Waals surface area contributed by atoms with Crippen molar-refractivity contribution >= 4 is 22.5 Å². The van der Waals surface area contributed by atoms with Crippen LogP contribution in [-0.4, -0.2) is 47.1 Å². The number of nitrogens with two attached hydrogens (primary N) is 1. The van der Waals surface area contributed by atoms with Crippen LogP contribution in [0.5, 0.6) is 5.75 Å². The molecular weight excluding hydrogens is 376 g/mol. The Balaban J connectivity index is 0.000000220. The summed E-state index contributed by atoms with van der Waals surface area (Å²) in [7, 11) is 0. The van der Waals surface area contributed by atoms with E-state index in [-0.39, 0.29) is 5.91 Å². The predicted octanol–water partition coefficient (Wildman–Crippen LogP) is 3.96. The normalized spacial score (nSPS) is 10.7. The highest BCUT2D eigenvalue weighted by Crippen LogP contribution is 2.23. The van der Waals surface area contributed by atoms with E-state index in [9.17, 15) is 9.90 Å². The summed E-state index contributed by atoms with van der Waals surface area (Å²) in [5.74, 6) is 0.358. The predicted molar refractivity (Wildman–Crippen MR) is 125 cm³/mol. The molecule has 1 amide bonds. The Bertz CT molecular complexity index is 941. The molecule has 0 atom stereocenters. The standard InChI is InChI=1S/C14H22N2O.C10H12N2O/c1-5-16(6-2)10-13(17)15-14-11(3)8-7-9-12(14)4;11-4-3-7-6-12-10-2-1-8(13)5-9(7)10/h7-9H,5-6,10H2,1-4H3,(H,15,17);1-2,5-6,12-13H,3-4,11H2. The molecule has 6 heteroatoms. The topological polar surface area (TPSA) is 94.4 Å². The fourth-order valence-corrected chi connectivity index (χ4v) is 3.37. The number of aromatic nitrogens is 1. The molecule has 0 aliphatic carbocycles. The van der Waals surface area contributed by atoms with Gasteiger partial charge in [0.25, 0.3) is 0 Å². The van der Waals surface area contributed by atoms with E-state index in [1.807, 2.05) is 44.3 Å². The van der Waals surface area contributed by atoms with Crippen molar-refractivity contribution in [2.45, 2.75) is 34.1 Å². The highest BCUT2D eigenvalue weighted by Gasteiger charge is 2.10. The van der Waals surface area contributed by atoms with Crippen LogP contribution in [0.3, 0.4) is 0 Å². The minimum atomic E-state index is 0.0612. The zero-order valence-electron chi connectivity index (χ0n) is 18.5. The molecule has 2 aromatic carbocycles. The summed E-state index contributed by atoms with van der Waals surface area (Å²) in [6, 6.07) is 11.3. The van der Waals surface area contributed by atoms with Crippen LogP contribution in [0.2, 0.25) is 0 Å². The number of aryl methyl sites for hydroxylation is 2. The number of anilines is 1. The first-order chi connectivity index (χ1) is 14.4. The molecule has 6 nitrogen and oxygen atoms in total. The number of aromatic hydroxyl groups is 1. The largest absolute Gasteiger partial charge is 0.508 e. The minimum Gasteiger partial charge on any atom is -0.508 e. The molecule has 0 aliphatic rings. The van der Waals surface area contributed by atoms with Gasteiger partial charge in [0.2, 0.25) is 5.91 Å². The number of carbonyl (C=O) groups excluding carboxylic acids is 1. The second-order valence-electron chi connectivity index (χ2n) is 7.36. The zero-order chi connectivity index (χ0) is 22.1. The first-order valence-corrected chi connectivity index (χ1v) is 10.5. The van der Waals surface area contributed by atoms with Gasteiger partial charge in [0.15, 0.2) is 0 Å². The number of phenols is 1. The van der Waals surface area contributed by atoms with Crippen molar-refractivity contribution in [1.82, 2.24) is 9.88 Å². The molecule has 1 aromatic heterocycles. The van der Waals surface area contributed by atoms with E-state index in [1.54, 1.807) is 12.1 Å². The summed E-state index contributed by atoms with van der Waals surface area (Å²) in [6.45, 7) is 11.0. The smallest absolute Gasteiger partial charge is 0.238 e. The van der Waals surface area contributed by atoms with Gasteiger partial charge in [0, 0.05) is 22.8 Å². The average molecular weight is 411 g/mol. The maximum absolute atomic E-state index is 11.9. The number of hydrogen-bond donors (Lipinski definition) is 4. The lowest BCUT2D eigenvalue weighted by Gasteiger charge is -2.18. The maximum atomic E-state index is 11.9. The van der Waals surface area contributed by atoms with Gasteiger partial charge in [-0.25, -0.2) is 0 Å². The van der Waals surface area contributed by atoms with Gasteiger partial charge in [0.1, 0.15) is 5.75 Å². The van der Waals surface area contributed by atoms with E-state index in [0.717, 1.165) is 52.8 Å². The number of carbonyl (C=O) groups is 1. The third-order valence-electron chi connectivity index (χ3n) is 5.17. The third kappa shape index (κ3) is 6.34. The van der Waals surface area contributed by atoms with E-state index >= 15 is 0 Å². The van der Waals surface area contributed by atoms with Crippen molar-refractivity contribution in [2.24, 2.45) is 5.73 Å². The van der Waals surface area contributed by atoms with Gasteiger partial charge in [-0.3, -0.25) is 9.69 Å². The Morgan fingerprint density at radius 1 is 1.13 bits per heavy atom. The summed E-state index contributed by atoms with van der Waals surface area (Å²) in [6.07, 6.45) is 2.78. The first-order valence-electron chi connectivity index (χ1n) is 10.5. The Morgan fingerprint density at radius 3 is 2.40 bits per heavy atom. The molecule has 5 N–H and O–H groups in total. The van der Waals surface area contributed by atoms with Gasteiger partial charge in [0.05, 0.1) is 6.54 Å². The van der Waals surface area contributed by atoms with E-state index in [1.165, 1.54) is 0 Å². The van der Waals surface area contributed by atoms with Crippen LogP contribution >= 0.6 is 0 Å². The van der Waals surface area contributed by atoms with E-state index in [0.29, 0.717) is 18.8 Å². The number of H-pyrrole nitrogens is 1. The quantitative estimate of drug-likeness (QED) is 0.474. The molecule has 0 unspecified atom stereocenters. The molecule has 0 aliphatic heterocycles. The molecule has 3 aromatic rings. The molecule has 0 saturated heterocycles. The number of hydrogen-bond acceptors (Lipinski definition) is 4. The number of phenolic OH excluding ortho intramolecular Hbond substituents is 1.